The van der Waals surface area contributed by atoms with Crippen molar-refractivity contribution in [1.29, 1.82) is 0 Å². The highest BCUT2D eigenvalue weighted by Gasteiger charge is 2.10. The molecule has 5 rings (SSSR count). The lowest BCUT2D eigenvalue weighted by Gasteiger charge is -2.24. The number of aromatic hydroxyl groups is 2. The Labute approximate surface area is 295 Å². The zero-order valence-corrected chi connectivity index (χ0v) is 28.6. The third kappa shape index (κ3) is 13.1. The molecule has 0 aliphatic carbocycles. The zero-order valence-electron chi connectivity index (χ0n) is 28.6. The molecular weight excluding hydrogens is 632 g/mol. The molecule has 10 heteroatoms. The third-order valence-electron chi connectivity index (χ3n) is 8.16. The molecule has 0 aromatic heterocycles. The number of para-hydroxylation sites is 2. The largest absolute Gasteiger partial charge is 0.507 e. The number of nitrogens with zero attached hydrogens (tertiary/aromatic N) is 4. The minimum atomic E-state index is 0.209. The Balaban J connectivity index is 1.09. The van der Waals surface area contributed by atoms with Gasteiger partial charge in [-0.25, -0.2) is 0 Å². The van der Waals surface area contributed by atoms with Gasteiger partial charge in [-0.1, -0.05) is 48.5 Å². The Bertz CT molecular complexity index is 1510. The number of aliphatic imine (C=N–C) groups is 2. The summed E-state index contributed by atoms with van der Waals surface area (Å²) in [5.41, 5.74) is 5.30. The summed E-state index contributed by atoms with van der Waals surface area (Å²) in [7, 11) is 0. The van der Waals surface area contributed by atoms with Crippen LogP contribution in [0.15, 0.2) is 107 Å². The van der Waals surface area contributed by atoms with Gasteiger partial charge < -0.3 is 29.2 Å². The maximum absolute atomic E-state index is 10.0. The fraction of sp³-hybridized carbons (Fsp3) is 0.350. The first kappa shape index (κ1) is 36.9. The van der Waals surface area contributed by atoms with Crippen molar-refractivity contribution in [2.45, 2.75) is 13.1 Å². The average molecular weight is 681 g/mol. The maximum Gasteiger partial charge on any atom is 0.124 e. The molecule has 1 saturated heterocycles. The van der Waals surface area contributed by atoms with Gasteiger partial charge in [0.2, 0.25) is 0 Å². The molecule has 0 spiro atoms. The Morgan fingerprint density at radius 3 is 1.24 bits per heavy atom. The van der Waals surface area contributed by atoms with Crippen LogP contribution in [0.3, 0.4) is 0 Å². The van der Waals surface area contributed by atoms with Crippen molar-refractivity contribution in [2.75, 3.05) is 79.0 Å². The Kier molecular flexibility index (Phi) is 15.4. The minimum absolute atomic E-state index is 0.209. The van der Waals surface area contributed by atoms with E-state index in [1.165, 1.54) is 0 Å². The number of hydrogen-bond donors (Lipinski definition) is 2. The molecule has 0 atom stereocenters. The highest BCUT2D eigenvalue weighted by Crippen LogP contribution is 2.20. The molecule has 4 aromatic rings. The van der Waals surface area contributed by atoms with Gasteiger partial charge in [-0.3, -0.25) is 19.8 Å². The van der Waals surface area contributed by atoms with Crippen LogP contribution < -0.4 is 0 Å². The highest BCUT2D eigenvalue weighted by atomic mass is 16.5. The topological polar surface area (TPSA) is 109 Å². The summed E-state index contributed by atoms with van der Waals surface area (Å²) in [5, 5.41) is 20.1. The van der Waals surface area contributed by atoms with Crippen molar-refractivity contribution >= 4 is 23.8 Å². The standard InChI is InChI=1S/C40H48N4O6/c45-39-13-3-1-9-35(39)29-41-37-11-5-7-33(27-37)31-43-15-19-47-23-25-49-21-17-44(18-22-50-26-24-48-20-16-43)32-34-8-6-12-38(28-34)42-30-36-10-2-4-14-40(36)46/h1-14,27-30,45-46H,15-26,31-32H2. The fourth-order valence-corrected chi connectivity index (χ4v) is 5.43. The predicted molar refractivity (Wildman–Crippen MR) is 197 cm³/mol. The second kappa shape index (κ2) is 20.9. The summed E-state index contributed by atoms with van der Waals surface area (Å²) in [6.07, 6.45) is 3.37. The Morgan fingerprint density at radius 2 is 0.860 bits per heavy atom. The first-order valence-electron chi connectivity index (χ1n) is 17.2. The van der Waals surface area contributed by atoms with Crippen molar-refractivity contribution in [3.8, 4) is 11.5 Å². The smallest absolute Gasteiger partial charge is 0.124 e. The molecule has 2 N–H and O–H groups in total. The lowest BCUT2D eigenvalue weighted by Crippen LogP contribution is -2.32. The molecule has 4 aromatic carbocycles. The highest BCUT2D eigenvalue weighted by molar-refractivity contribution is 5.85. The zero-order chi connectivity index (χ0) is 34.6. The van der Waals surface area contributed by atoms with Crippen LogP contribution in [0.1, 0.15) is 22.3 Å². The van der Waals surface area contributed by atoms with E-state index in [1.807, 2.05) is 48.5 Å². The van der Waals surface area contributed by atoms with E-state index in [0.717, 1.165) is 61.8 Å². The number of benzene rings is 4. The van der Waals surface area contributed by atoms with Crippen molar-refractivity contribution in [3.05, 3.63) is 119 Å². The van der Waals surface area contributed by atoms with Gasteiger partial charge in [-0.15, -0.1) is 0 Å². The van der Waals surface area contributed by atoms with Crippen molar-refractivity contribution in [2.24, 2.45) is 9.98 Å². The van der Waals surface area contributed by atoms with Crippen molar-refractivity contribution in [1.82, 2.24) is 9.80 Å². The van der Waals surface area contributed by atoms with Gasteiger partial charge in [-0.05, 0) is 59.7 Å². The van der Waals surface area contributed by atoms with Crippen LogP contribution in [-0.2, 0) is 32.0 Å². The van der Waals surface area contributed by atoms with Crippen molar-refractivity contribution < 1.29 is 29.2 Å². The summed E-state index contributed by atoms with van der Waals surface area (Å²) < 4.78 is 23.8. The molecule has 10 nitrogen and oxygen atoms in total. The van der Waals surface area contributed by atoms with Crippen molar-refractivity contribution in [3.63, 3.8) is 0 Å². The van der Waals surface area contributed by atoms with E-state index >= 15 is 0 Å². The first-order chi connectivity index (χ1) is 24.6. The quantitative estimate of drug-likeness (QED) is 0.219. The fourth-order valence-electron chi connectivity index (χ4n) is 5.43. The summed E-state index contributed by atoms with van der Waals surface area (Å²) in [6.45, 7) is 8.98. The van der Waals surface area contributed by atoms with E-state index in [2.05, 4.69) is 44.1 Å². The van der Waals surface area contributed by atoms with E-state index in [4.69, 9.17) is 18.9 Å². The molecule has 1 heterocycles. The van der Waals surface area contributed by atoms with Crippen LogP contribution in [0.4, 0.5) is 11.4 Å². The second-order valence-electron chi connectivity index (χ2n) is 12.0. The van der Waals surface area contributed by atoms with Gasteiger partial charge in [-0.2, -0.15) is 0 Å². The normalized spacial score (nSPS) is 17.1. The van der Waals surface area contributed by atoms with Crippen LogP contribution in [0.25, 0.3) is 0 Å². The number of phenolic OH excluding ortho intramolecular Hbond substituents is 2. The number of ether oxygens (including phenoxy) is 4. The van der Waals surface area contributed by atoms with Crippen LogP contribution in [0, 0.1) is 0 Å². The SMILES string of the molecule is Oc1ccccc1C=Nc1cccc(CN2CCOCCOCCN(Cc3cccc(N=Cc4ccccc4O)c3)CCOCCOCC2)c1. The first-order valence-corrected chi connectivity index (χ1v) is 17.2. The Hall–Kier alpha value is -4.42. The molecule has 0 saturated carbocycles. The van der Waals surface area contributed by atoms with E-state index < -0.39 is 0 Å². The molecule has 0 unspecified atom stereocenters. The van der Waals surface area contributed by atoms with Gasteiger partial charge in [0, 0.05) is 62.8 Å². The van der Waals surface area contributed by atoms with Crippen LogP contribution in [0.2, 0.25) is 0 Å². The monoisotopic (exact) mass is 680 g/mol. The molecule has 0 amide bonds. The van der Waals surface area contributed by atoms with Crippen LogP contribution in [-0.4, -0.2) is 111 Å². The lowest BCUT2D eigenvalue weighted by molar-refractivity contribution is 0.00624. The number of phenols is 2. The molecule has 1 aliphatic heterocycles. The van der Waals surface area contributed by atoms with Gasteiger partial charge >= 0.3 is 0 Å². The van der Waals surface area contributed by atoms with Crippen LogP contribution >= 0.6 is 0 Å². The molecule has 0 bridgehead atoms. The number of rotatable bonds is 8. The van der Waals surface area contributed by atoms with Gasteiger partial charge in [0.05, 0.1) is 64.2 Å². The molecule has 1 fully saturated rings. The molecule has 1 aliphatic rings. The summed E-state index contributed by atoms with van der Waals surface area (Å²) in [5.74, 6) is 0.418. The second-order valence-corrected chi connectivity index (χ2v) is 12.0. The molecule has 0 radical (unpaired) electrons. The minimum Gasteiger partial charge on any atom is -0.507 e. The van der Waals surface area contributed by atoms with E-state index in [1.54, 1.807) is 36.7 Å². The van der Waals surface area contributed by atoms with Crippen LogP contribution in [0.5, 0.6) is 11.5 Å². The predicted octanol–water partition coefficient (Wildman–Crippen LogP) is 5.98. The maximum atomic E-state index is 10.0. The number of hydrogen-bond acceptors (Lipinski definition) is 10. The molecule has 264 valence electrons. The summed E-state index contributed by atoms with van der Waals surface area (Å²) in [4.78, 5) is 13.8. The van der Waals surface area contributed by atoms with E-state index in [0.29, 0.717) is 64.0 Å². The third-order valence-corrected chi connectivity index (χ3v) is 8.16. The average Bonchev–Trinajstić information content (AvgIpc) is 3.13. The lowest BCUT2D eigenvalue weighted by atomic mass is 10.2. The van der Waals surface area contributed by atoms with Gasteiger partial charge in [0.15, 0.2) is 0 Å². The summed E-state index contributed by atoms with van der Waals surface area (Å²) in [6, 6.07) is 30.6. The van der Waals surface area contributed by atoms with E-state index in [-0.39, 0.29) is 11.5 Å². The van der Waals surface area contributed by atoms with Gasteiger partial charge in [0.1, 0.15) is 11.5 Å². The molecule has 50 heavy (non-hydrogen) atoms. The van der Waals surface area contributed by atoms with Gasteiger partial charge in [0.25, 0.3) is 0 Å². The Morgan fingerprint density at radius 1 is 0.480 bits per heavy atom. The van der Waals surface area contributed by atoms with E-state index in [9.17, 15) is 10.2 Å². The summed E-state index contributed by atoms with van der Waals surface area (Å²) >= 11 is 0. The molecular formula is C40H48N4O6.